The predicted molar refractivity (Wildman–Crippen MR) is 132 cm³/mol. The van der Waals surface area contributed by atoms with Gasteiger partial charge in [-0.3, -0.25) is 14.5 Å². The van der Waals surface area contributed by atoms with E-state index >= 15 is 0 Å². The molecule has 1 heterocycles. The van der Waals surface area contributed by atoms with Gasteiger partial charge in [-0.1, -0.05) is 32.9 Å². The molecule has 1 aliphatic rings. The molecule has 1 fully saturated rings. The van der Waals surface area contributed by atoms with Crippen molar-refractivity contribution in [3.05, 3.63) is 47.5 Å². The van der Waals surface area contributed by atoms with Crippen LogP contribution in [0.2, 0.25) is 0 Å². The Morgan fingerprint density at radius 1 is 0.971 bits per heavy atom. The molecule has 1 unspecified atom stereocenters. The number of hydrogen-bond acceptors (Lipinski definition) is 6. The molecule has 0 saturated carbocycles. The van der Waals surface area contributed by atoms with Gasteiger partial charge in [-0.2, -0.15) is 0 Å². The van der Waals surface area contributed by atoms with Gasteiger partial charge < -0.3 is 24.8 Å². The number of methoxy groups -OCH3 is 3. The largest absolute Gasteiger partial charge is 0.495 e. The summed E-state index contributed by atoms with van der Waals surface area (Å²) >= 11 is 0. The van der Waals surface area contributed by atoms with Gasteiger partial charge in [0, 0.05) is 6.42 Å². The predicted octanol–water partition coefficient (Wildman–Crippen LogP) is 3.50. The number of anilines is 1. The van der Waals surface area contributed by atoms with E-state index in [0.29, 0.717) is 22.9 Å². The Morgan fingerprint density at radius 2 is 1.60 bits per heavy atom. The molecule has 2 aromatic rings. The maximum atomic E-state index is 13.2. The van der Waals surface area contributed by atoms with Crippen LogP contribution in [0.3, 0.4) is 0 Å². The standard InChI is InChI=1S/C26H33N3O6/c1-25(2,3)17-9-11-19(33-5)18(13-17)27-22(30)15-29-23(31)26(4,28-24(29)32)14-16-8-10-20(34-6)21(12-16)35-7/h8-13H,14-15H2,1-7H3,(H,27,30)(H,28,32). The van der Waals surface area contributed by atoms with Gasteiger partial charge in [0.15, 0.2) is 11.5 Å². The molecule has 1 atom stereocenters. The zero-order valence-electron chi connectivity index (χ0n) is 21.3. The Balaban J connectivity index is 1.75. The summed E-state index contributed by atoms with van der Waals surface area (Å²) in [5.41, 5.74) is 0.911. The third-order valence-corrected chi connectivity index (χ3v) is 5.99. The van der Waals surface area contributed by atoms with E-state index in [0.717, 1.165) is 16.0 Å². The van der Waals surface area contributed by atoms with Crippen LogP contribution in [-0.2, 0) is 21.4 Å². The van der Waals surface area contributed by atoms with Crippen molar-refractivity contribution in [3.63, 3.8) is 0 Å². The van der Waals surface area contributed by atoms with Crippen molar-refractivity contribution in [3.8, 4) is 17.2 Å². The Hall–Kier alpha value is -3.75. The number of urea groups is 1. The van der Waals surface area contributed by atoms with Gasteiger partial charge in [0.25, 0.3) is 5.91 Å². The first-order chi connectivity index (χ1) is 16.4. The molecule has 188 valence electrons. The van der Waals surface area contributed by atoms with Gasteiger partial charge in [-0.05, 0) is 47.7 Å². The van der Waals surface area contributed by atoms with Crippen LogP contribution in [0.4, 0.5) is 10.5 Å². The summed E-state index contributed by atoms with van der Waals surface area (Å²) < 4.78 is 16.0. The summed E-state index contributed by atoms with van der Waals surface area (Å²) in [6, 6.07) is 10.2. The van der Waals surface area contributed by atoms with Gasteiger partial charge in [-0.15, -0.1) is 0 Å². The first-order valence-corrected chi connectivity index (χ1v) is 11.2. The first kappa shape index (κ1) is 25.9. The Labute approximate surface area is 205 Å². The van der Waals surface area contributed by atoms with E-state index in [2.05, 4.69) is 31.4 Å². The summed E-state index contributed by atoms with van der Waals surface area (Å²) in [6.07, 6.45) is 0.220. The fraction of sp³-hybridized carbons (Fsp3) is 0.423. The average molecular weight is 484 g/mol. The number of carbonyl (C=O) groups is 3. The molecule has 4 amide bonds. The zero-order chi connectivity index (χ0) is 26.0. The number of benzene rings is 2. The van der Waals surface area contributed by atoms with E-state index in [9.17, 15) is 14.4 Å². The highest BCUT2D eigenvalue weighted by Gasteiger charge is 2.48. The van der Waals surface area contributed by atoms with Crippen LogP contribution in [0.1, 0.15) is 38.8 Å². The summed E-state index contributed by atoms with van der Waals surface area (Å²) in [5.74, 6) is 0.582. The quantitative estimate of drug-likeness (QED) is 0.557. The highest BCUT2D eigenvalue weighted by atomic mass is 16.5. The molecule has 9 heteroatoms. The SMILES string of the molecule is COc1ccc(C(C)(C)C)cc1NC(=O)CN1C(=O)NC(C)(Cc2ccc(OC)c(OC)c2)C1=O. The topological polar surface area (TPSA) is 106 Å². The van der Waals surface area contributed by atoms with Crippen molar-refractivity contribution in [2.45, 2.75) is 45.1 Å². The number of rotatable bonds is 8. The molecule has 0 spiro atoms. The van der Waals surface area contributed by atoms with Crippen molar-refractivity contribution >= 4 is 23.5 Å². The Kier molecular flexibility index (Phi) is 7.28. The second kappa shape index (κ2) is 9.85. The van der Waals surface area contributed by atoms with Gasteiger partial charge in [0.2, 0.25) is 5.91 Å². The molecule has 0 aliphatic carbocycles. The van der Waals surface area contributed by atoms with E-state index < -0.39 is 29.9 Å². The molecule has 0 radical (unpaired) electrons. The average Bonchev–Trinajstić information content (AvgIpc) is 3.00. The number of nitrogens with zero attached hydrogens (tertiary/aromatic N) is 1. The lowest BCUT2D eigenvalue weighted by atomic mass is 9.87. The van der Waals surface area contributed by atoms with Crippen LogP contribution in [0.25, 0.3) is 0 Å². The monoisotopic (exact) mass is 483 g/mol. The lowest BCUT2D eigenvalue weighted by Crippen LogP contribution is -2.46. The normalized spacial score (nSPS) is 17.7. The minimum atomic E-state index is -1.21. The number of amides is 4. The molecule has 35 heavy (non-hydrogen) atoms. The molecule has 1 saturated heterocycles. The van der Waals surface area contributed by atoms with Gasteiger partial charge in [0.05, 0.1) is 27.0 Å². The highest BCUT2D eigenvalue weighted by molar-refractivity contribution is 6.10. The third-order valence-electron chi connectivity index (χ3n) is 5.99. The molecule has 9 nitrogen and oxygen atoms in total. The van der Waals surface area contributed by atoms with E-state index in [4.69, 9.17) is 14.2 Å². The van der Waals surface area contributed by atoms with Crippen molar-refractivity contribution in [2.24, 2.45) is 0 Å². The minimum absolute atomic E-state index is 0.136. The van der Waals surface area contributed by atoms with Crippen molar-refractivity contribution in [1.82, 2.24) is 10.2 Å². The van der Waals surface area contributed by atoms with Crippen LogP contribution in [0, 0.1) is 0 Å². The zero-order valence-corrected chi connectivity index (χ0v) is 21.3. The first-order valence-electron chi connectivity index (χ1n) is 11.2. The van der Waals surface area contributed by atoms with Gasteiger partial charge in [0.1, 0.15) is 17.8 Å². The fourth-order valence-corrected chi connectivity index (χ4v) is 4.01. The number of hydrogen-bond donors (Lipinski definition) is 2. The molecule has 3 rings (SSSR count). The van der Waals surface area contributed by atoms with E-state index in [-0.39, 0.29) is 11.8 Å². The number of carbonyl (C=O) groups excluding carboxylic acids is 3. The summed E-state index contributed by atoms with van der Waals surface area (Å²) in [6.45, 7) is 7.40. The van der Waals surface area contributed by atoms with Crippen LogP contribution in [0.5, 0.6) is 17.2 Å². The molecule has 2 N–H and O–H groups in total. The lowest BCUT2D eigenvalue weighted by molar-refractivity contribution is -0.133. The molecule has 1 aliphatic heterocycles. The van der Waals surface area contributed by atoms with Gasteiger partial charge in [-0.25, -0.2) is 4.79 Å². The smallest absolute Gasteiger partial charge is 0.325 e. The Morgan fingerprint density at radius 3 is 2.20 bits per heavy atom. The lowest BCUT2D eigenvalue weighted by Gasteiger charge is -2.23. The summed E-state index contributed by atoms with van der Waals surface area (Å²) in [5, 5.41) is 5.50. The second-order valence-corrected chi connectivity index (χ2v) is 9.73. The number of ether oxygens (including phenoxy) is 3. The molecular formula is C26H33N3O6. The molecular weight excluding hydrogens is 450 g/mol. The maximum absolute atomic E-state index is 13.2. The summed E-state index contributed by atoms with van der Waals surface area (Å²) in [4.78, 5) is 39.6. The molecule has 0 aromatic heterocycles. The van der Waals surface area contributed by atoms with Crippen LogP contribution in [-0.4, -0.2) is 56.2 Å². The number of imide groups is 1. The van der Waals surface area contributed by atoms with Crippen molar-refractivity contribution in [2.75, 3.05) is 33.2 Å². The Bertz CT molecular complexity index is 1140. The van der Waals surface area contributed by atoms with E-state index in [1.54, 1.807) is 31.2 Å². The molecule has 0 bridgehead atoms. The second-order valence-electron chi connectivity index (χ2n) is 9.73. The van der Waals surface area contributed by atoms with Gasteiger partial charge >= 0.3 is 6.03 Å². The maximum Gasteiger partial charge on any atom is 0.325 e. The van der Waals surface area contributed by atoms with Crippen molar-refractivity contribution < 1.29 is 28.6 Å². The van der Waals surface area contributed by atoms with Crippen LogP contribution < -0.4 is 24.8 Å². The van der Waals surface area contributed by atoms with Crippen molar-refractivity contribution in [1.29, 1.82) is 0 Å². The molecule has 2 aromatic carbocycles. The summed E-state index contributed by atoms with van der Waals surface area (Å²) in [7, 11) is 4.58. The minimum Gasteiger partial charge on any atom is -0.495 e. The number of nitrogens with one attached hydrogen (secondary N) is 2. The highest BCUT2D eigenvalue weighted by Crippen LogP contribution is 2.32. The van der Waals surface area contributed by atoms with Crippen LogP contribution in [0.15, 0.2) is 36.4 Å². The van der Waals surface area contributed by atoms with E-state index in [1.165, 1.54) is 21.3 Å². The fourth-order valence-electron chi connectivity index (χ4n) is 4.01. The van der Waals surface area contributed by atoms with E-state index in [1.807, 2.05) is 12.1 Å². The van der Waals surface area contributed by atoms with Crippen LogP contribution >= 0.6 is 0 Å². The third kappa shape index (κ3) is 5.50.